The van der Waals surface area contributed by atoms with Crippen molar-refractivity contribution in [3.8, 4) is 0 Å². The Kier molecular flexibility index (Phi) is 5.95. The molecule has 0 aromatic rings. The summed E-state index contributed by atoms with van der Waals surface area (Å²) < 4.78 is 18.1. The average Bonchev–Trinajstić information content (AvgIpc) is 2.45. The SMILES string of the molecule is CC1=CC(C)C(C)C(COCC2C(C)OC(C)C(C)C2C)O1. The van der Waals surface area contributed by atoms with Crippen LogP contribution in [0.3, 0.4) is 0 Å². The van der Waals surface area contributed by atoms with Crippen LogP contribution in [0.1, 0.15) is 48.5 Å². The van der Waals surface area contributed by atoms with Gasteiger partial charge in [-0.2, -0.15) is 0 Å². The molecule has 8 unspecified atom stereocenters. The molecule has 0 radical (unpaired) electrons. The highest BCUT2D eigenvalue weighted by molar-refractivity contribution is 5.00. The Morgan fingerprint density at radius 3 is 2.27 bits per heavy atom. The highest BCUT2D eigenvalue weighted by Gasteiger charge is 2.37. The maximum absolute atomic E-state index is 6.07. The van der Waals surface area contributed by atoms with E-state index < -0.39 is 0 Å². The van der Waals surface area contributed by atoms with Crippen LogP contribution in [0.5, 0.6) is 0 Å². The van der Waals surface area contributed by atoms with E-state index in [9.17, 15) is 0 Å². The van der Waals surface area contributed by atoms with Gasteiger partial charge in [-0.15, -0.1) is 0 Å². The number of ether oxygens (including phenoxy) is 3. The molecule has 1 fully saturated rings. The predicted molar refractivity (Wildman–Crippen MR) is 89.6 cm³/mol. The lowest BCUT2D eigenvalue weighted by molar-refractivity contribution is -0.144. The molecule has 0 aromatic carbocycles. The number of hydrogen-bond donors (Lipinski definition) is 0. The highest BCUT2D eigenvalue weighted by Crippen LogP contribution is 2.35. The van der Waals surface area contributed by atoms with Crippen LogP contribution in [0.2, 0.25) is 0 Å². The minimum absolute atomic E-state index is 0.173. The fraction of sp³-hybridized carbons (Fsp3) is 0.895. The first kappa shape index (κ1) is 17.8. The number of hydrogen-bond acceptors (Lipinski definition) is 3. The molecule has 0 spiro atoms. The van der Waals surface area contributed by atoms with Crippen LogP contribution < -0.4 is 0 Å². The topological polar surface area (TPSA) is 27.7 Å². The Bertz CT molecular complexity index is 392. The molecule has 3 nitrogen and oxygen atoms in total. The van der Waals surface area contributed by atoms with Crippen molar-refractivity contribution in [1.82, 2.24) is 0 Å². The minimum atomic E-state index is 0.173. The Morgan fingerprint density at radius 2 is 1.59 bits per heavy atom. The first-order valence-corrected chi connectivity index (χ1v) is 8.89. The second-order valence-corrected chi connectivity index (χ2v) is 7.62. The van der Waals surface area contributed by atoms with Crippen molar-refractivity contribution in [3.63, 3.8) is 0 Å². The van der Waals surface area contributed by atoms with Gasteiger partial charge in [-0.05, 0) is 44.6 Å². The molecule has 0 aliphatic carbocycles. The quantitative estimate of drug-likeness (QED) is 0.776. The fourth-order valence-corrected chi connectivity index (χ4v) is 3.85. The molecule has 2 heterocycles. The molecule has 8 atom stereocenters. The number of allylic oxidation sites excluding steroid dienone is 2. The van der Waals surface area contributed by atoms with Gasteiger partial charge in [-0.1, -0.05) is 27.7 Å². The van der Waals surface area contributed by atoms with Crippen molar-refractivity contribution in [2.24, 2.45) is 29.6 Å². The summed E-state index contributed by atoms with van der Waals surface area (Å²) in [6.45, 7) is 17.0. The van der Waals surface area contributed by atoms with E-state index in [4.69, 9.17) is 14.2 Å². The van der Waals surface area contributed by atoms with E-state index in [0.717, 1.165) is 12.4 Å². The Labute approximate surface area is 136 Å². The van der Waals surface area contributed by atoms with E-state index in [-0.39, 0.29) is 12.2 Å². The van der Waals surface area contributed by atoms with Gasteiger partial charge in [0.15, 0.2) is 0 Å². The summed E-state index contributed by atoms with van der Waals surface area (Å²) in [7, 11) is 0. The smallest absolute Gasteiger partial charge is 0.124 e. The second kappa shape index (κ2) is 7.35. The standard InChI is InChI=1S/C19H34O3/c1-11-8-12(2)21-19(13(11)3)10-20-9-18-15(5)14(4)16(6)22-17(18)7/h8,11,13-19H,9-10H2,1-7H3. The van der Waals surface area contributed by atoms with Crippen molar-refractivity contribution in [2.45, 2.75) is 66.8 Å². The molecule has 22 heavy (non-hydrogen) atoms. The summed E-state index contributed by atoms with van der Waals surface area (Å²) in [5, 5.41) is 0. The highest BCUT2D eigenvalue weighted by atomic mass is 16.5. The Balaban J connectivity index is 1.84. The van der Waals surface area contributed by atoms with Crippen LogP contribution in [0.4, 0.5) is 0 Å². The first-order valence-electron chi connectivity index (χ1n) is 8.89. The van der Waals surface area contributed by atoms with Gasteiger partial charge in [0, 0.05) is 11.8 Å². The van der Waals surface area contributed by atoms with Crippen molar-refractivity contribution in [1.29, 1.82) is 0 Å². The number of rotatable bonds is 4. The Hall–Kier alpha value is -0.540. The van der Waals surface area contributed by atoms with Crippen LogP contribution >= 0.6 is 0 Å². The molecule has 3 heteroatoms. The van der Waals surface area contributed by atoms with Crippen LogP contribution in [0.25, 0.3) is 0 Å². The van der Waals surface area contributed by atoms with Gasteiger partial charge in [0.1, 0.15) is 6.10 Å². The second-order valence-electron chi connectivity index (χ2n) is 7.62. The molecule has 2 rings (SSSR count). The van der Waals surface area contributed by atoms with Gasteiger partial charge >= 0.3 is 0 Å². The van der Waals surface area contributed by atoms with Crippen molar-refractivity contribution < 1.29 is 14.2 Å². The van der Waals surface area contributed by atoms with Crippen LogP contribution in [0, 0.1) is 29.6 Å². The normalized spacial score (nSPS) is 46.0. The van der Waals surface area contributed by atoms with Gasteiger partial charge < -0.3 is 14.2 Å². The van der Waals surface area contributed by atoms with E-state index >= 15 is 0 Å². The lowest BCUT2D eigenvalue weighted by Crippen LogP contribution is -2.45. The molecule has 0 saturated carbocycles. The third-order valence-corrected chi connectivity index (χ3v) is 6.12. The summed E-state index contributed by atoms with van der Waals surface area (Å²) >= 11 is 0. The molecule has 2 aliphatic heterocycles. The van der Waals surface area contributed by atoms with Gasteiger partial charge in [-0.25, -0.2) is 0 Å². The lowest BCUT2D eigenvalue weighted by Gasteiger charge is -2.43. The summed E-state index contributed by atoms with van der Waals surface area (Å²) in [6.07, 6.45) is 3.00. The van der Waals surface area contributed by atoms with E-state index in [1.165, 1.54) is 0 Å². The summed E-state index contributed by atoms with van der Waals surface area (Å²) in [5.74, 6) is 3.77. The largest absolute Gasteiger partial charge is 0.493 e. The molecular formula is C19H34O3. The lowest BCUT2D eigenvalue weighted by atomic mass is 9.76. The zero-order chi connectivity index (χ0) is 16.4. The monoisotopic (exact) mass is 310 g/mol. The fourth-order valence-electron chi connectivity index (χ4n) is 3.85. The third-order valence-electron chi connectivity index (χ3n) is 6.12. The van der Waals surface area contributed by atoms with Crippen LogP contribution in [-0.4, -0.2) is 31.5 Å². The van der Waals surface area contributed by atoms with Crippen molar-refractivity contribution in [2.75, 3.05) is 13.2 Å². The first-order chi connectivity index (χ1) is 10.3. The summed E-state index contributed by atoms with van der Waals surface area (Å²) in [4.78, 5) is 0. The van der Waals surface area contributed by atoms with Crippen LogP contribution in [-0.2, 0) is 14.2 Å². The molecule has 128 valence electrons. The molecule has 2 aliphatic rings. The molecule has 0 amide bonds. The van der Waals surface area contributed by atoms with Gasteiger partial charge in [0.05, 0.1) is 31.2 Å². The third kappa shape index (κ3) is 3.86. The van der Waals surface area contributed by atoms with E-state index in [1.807, 2.05) is 6.92 Å². The van der Waals surface area contributed by atoms with Gasteiger partial charge in [0.2, 0.25) is 0 Å². The Morgan fingerprint density at radius 1 is 0.909 bits per heavy atom. The molecule has 1 saturated heterocycles. The molecule has 0 aromatic heterocycles. The maximum Gasteiger partial charge on any atom is 0.124 e. The zero-order valence-electron chi connectivity index (χ0n) is 15.3. The molecular weight excluding hydrogens is 276 g/mol. The van der Waals surface area contributed by atoms with E-state index in [2.05, 4.69) is 47.6 Å². The van der Waals surface area contributed by atoms with E-state index in [1.54, 1.807) is 0 Å². The molecule has 0 bridgehead atoms. The maximum atomic E-state index is 6.07. The molecule has 0 N–H and O–H groups in total. The summed E-state index contributed by atoms with van der Waals surface area (Å²) in [5.41, 5.74) is 0. The van der Waals surface area contributed by atoms with Crippen molar-refractivity contribution >= 4 is 0 Å². The zero-order valence-corrected chi connectivity index (χ0v) is 15.3. The summed E-state index contributed by atoms with van der Waals surface area (Å²) in [6, 6.07) is 0. The van der Waals surface area contributed by atoms with E-state index in [0.29, 0.717) is 42.3 Å². The van der Waals surface area contributed by atoms with Crippen molar-refractivity contribution in [3.05, 3.63) is 11.8 Å². The van der Waals surface area contributed by atoms with Crippen LogP contribution in [0.15, 0.2) is 11.8 Å². The van der Waals surface area contributed by atoms with Gasteiger partial charge in [-0.3, -0.25) is 0 Å². The van der Waals surface area contributed by atoms with Gasteiger partial charge in [0.25, 0.3) is 0 Å². The predicted octanol–water partition coefficient (Wildman–Crippen LogP) is 4.27. The average molecular weight is 310 g/mol. The minimum Gasteiger partial charge on any atom is -0.493 e.